The van der Waals surface area contributed by atoms with Gasteiger partial charge in [-0.25, -0.2) is 13.4 Å². The van der Waals surface area contributed by atoms with Crippen LogP contribution in [-0.2, 0) is 17.8 Å². The zero-order valence-corrected chi connectivity index (χ0v) is 18.0. The minimum Gasteiger partial charge on any atom is -0.329 e. The van der Waals surface area contributed by atoms with E-state index in [0.29, 0.717) is 23.0 Å². The second kappa shape index (κ2) is 7.75. The summed E-state index contributed by atoms with van der Waals surface area (Å²) in [6.45, 7) is 3.80. The van der Waals surface area contributed by atoms with E-state index in [2.05, 4.69) is 26.4 Å². The molecule has 0 amide bonds. The number of hydrogen-bond donors (Lipinski definition) is 2. The van der Waals surface area contributed by atoms with Crippen molar-refractivity contribution in [2.45, 2.75) is 18.7 Å². The van der Waals surface area contributed by atoms with Crippen molar-refractivity contribution in [1.29, 1.82) is 0 Å². The number of nitrogens with zero attached hydrogens (tertiary/aromatic N) is 5. The van der Waals surface area contributed by atoms with Gasteiger partial charge in [-0.3, -0.25) is 4.68 Å². The quantitative estimate of drug-likeness (QED) is 0.476. The third kappa shape index (κ3) is 3.71. The molecule has 0 aliphatic rings. The molecule has 0 fully saturated rings. The molecule has 2 heterocycles. The van der Waals surface area contributed by atoms with Crippen LogP contribution >= 0.6 is 0 Å². The first kappa shape index (κ1) is 19.8. The van der Waals surface area contributed by atoms with Crippen molar-refractivity contribution >= 4 is 44.7 Å². The van der Waals surface area contributed by atoms with Crippen molar-refractivity contribution in [2.75, 3.05) is 17.3 Å². The van der Waals surface area contributed by atoms with Crippen LogP contribution in [0.15, 0.2) is 53.6 Å². The molecule has 4 aromatic rings. The number of aromatic nitrogens is 4. The zero-order chi connectivity index (χ0) is 21.4. The molecule has 0 saturated carbocycles. The summed E-state index contributed by atoms with van der Waals surface area (Å²) in [6.07, 6.45) is 1.66. The summed E-state index contributed by atoms with van der Waals surface area (Å²) in [7, 11) is 1.19. The van der Waals surface area contributed by atoms with E-state index in [9.17, 15) is 8.42 Å². The predicted molar refractivity (Wildman–Crippen MR) is 119 cm³/mol. The molecule has 1 N–H and O–H groups in total. The summed E-state index contributed by atoms with van der Waals surface area (Å²) in [5, 5.41) is 8.75. The van der Waals surface area contributed by atoms with Crippen molar-refractivity contribution in [2.24, 2.45) is 7.05 Å². The van der Waals surface area contributed by atoms with E-state index in [-0.39, 0.29) is 4.90 Å². The topological polar surface area (TPSA) is 93.0 Å². The number of rotatable bonds is 5. The van der Waals surface area contributed by atoms with Crippen LogP contribution in [0.4, 0.5) is 23.1 Å². The Morgan fingerprint density at radius 3 is 2.63 bits per heavy atom. The minimum atomic E-state index is -2.67. The maximum Gasteiger partial charge on any atom is 0.229 e. The fourth-order valence-electron chi connectivity index (χ4n) is 3.27. The lowest BCUT2D eigenvalue weighted by atomic mass is 10.2. The van der Waals surface area contributed by atoms with Gasteiger partial charge in [0, 0.05) is 42.7 Å². The highest BCUT2D eigenvalue weighted by atomic mass is 32.2. The predicted octanol–water partition coefficient (Wildman–Crippen LogP) is 3.46. The van der Waals surface area contributed by atoms with Crippen LogP contribution in [0.2, 0.25) is 0 Å². The van der Waals surface area contributed by atoms with Gasteiger partial charge in [0.1, 0.15) is 5.82 Å². The van der Waals surface area contributed by atoms with Gasteiger partial charge >= 0.3 is 0 Å². The van der Waals surface area contributed by atoms with E-state index in [0.717, 1.165) is 22.3 Å². The van der Waals surface area contributed by atoms with Crippen molar-refractivity contribution in [3.8, 4) is 0 Å². The first-order valence-corrected chi connectivity index (χ1v) is 10.5. The maximum atomic E-state index is 11.4. The molecule has 154 valence electrons. The molecular formula is C21H22N6O2S. The Balaban J connectivity index is 1.62. The fraction of sp³-hybridized carbons (Fsp3) is 0.190. The Morgan fingerprint density at radius 1 is 1.07 bits per heavy atom. The van der Waals surface area contributed by atoms with Gasteiger partial charge in [0.25, 0.3) is 0 Å². The van der Waals surface area contributed by atoms with E-state index < -0.39 is 10.7 Å². The van der Waals surface area contributed by atoms with Crippen LogP contribution in [-0.4, -0.2) is 35.2 Å². The molecule has 0 aliphatic heterocycles. The Morgan fingerprint density at radius 2 is 1.87 bits per heavy atom. The van der Waals surface area contributed by atoms with Crippen LogP contribution in [0.25, 0.3) is 10.9 Å². The number of anilines is 4. The number of hydrogen-bond acceptors (Lipinski definition) is 7. The number of nitrogens with one attached hydrogen (secondary N) is 1. The summed E-state index contributed by atoms with van der Waals surface area (Å²) in [5.41, 5.74) is 4.30. The van der Waals surface area contributed by atoms with Crippen LogP contribution < -0.4 is 10.2 Å². The average molecular weight is 423 g/mol. The molecule has 8 nitrogen and oxygen atoms in total. The average Bonchev–Trinajstić information content (AvgIpc) is 3.02. The van der Waals surface area contributed by atoms with Crippen LogP contribution in [0.1, 0.15) is 11.3 Å². The number of fused-ring (bicyclic) bond motifs is 1. The highest BCUT2D eigenvalue weighted by Crippen LogP contribution is 2.28. The highest BCUT2D eigenvalue weighted by Gasteiger charge is 2.11. The molecule has 2 aromatic heterocycles. The van der Waals surface area contributed by atoms with Crippen molar-refractivity contribution in [3.63, 3.8) is 0 Å². The summed E-state index contributed by atoms with van der Waals surface area (Å²) in [4.78, 5) is 11.1. The van der Waals surface area contributed by atoms with Gasteiger partial charge in [-0.15, -0.1) is 0 Å². The smallest absolute Gasteiger partial charge is 0.229 e. The Labute approximate surface area is 176 Å². The first-order valence-electron chi connectivity index (χ1n) is 9.35. The van der Waals surface area contributed by atoms with Crippen molar-refractivity contribution in [3.05, 3.63) is 59.9 Å². The standard InChI is InChI=1S/C21H22N6O2S/c1-13-5-6-15(11-19(13)30(28)29)23-21-22-10-9-20(24-21)26(3)16-7-8-17-14(2)27(4)25-18(17)12-16/h5-12,30H,1-4H3,(H,22,23,24). The normalized spacial score (nSPS) is 11.2. The van der Waals surface area contributed by atoms with Crippen LogP contribution in [0, 0.1) is 13.8 Å². The summed E-state index contributed by atoms with van der Waals surface area (Å²) >= 11 is 0. The molecule has 0 saturated heterocycles. The SMILES string of the molecule is Cc1ccc(Nc2nccc(N(C)c3ccc4c(C)n(C)nc4c3)n2)cc1[SH](=O)=O. The third-order valence-corrected chi connectivity index (χ3v) is 6.02. The van der Waals surface area contributed by atoms with Gasteiger partial charge in [-0.1, -0.05) is 6.07 Å². The Kier molecular flexibility index (Phi) is 5.13. The molecule has 0 unspecified atom stereocenters. The molecule has 0 spiro atoms. The van der Waals surface area contributed by atoms with Crippen molar-refractivity contribution in [1.82, 2.24) is 19.7 Å². The van der Waals surface area contributed by atoms with Gasteiger partial charge < -0.3 is 10.2 Å². The third-order valence-electron chi connectivity index (χ3n) is 5.15. The van der Waals surface area contributed by atoms with Gasteiger partial charge in [0.15, 0.2) is 10.7 Å². The molecule has 0 aliphatic carbocycles. The highest BCUT2D eigenvalue weighted by molar-refractivity contribution is 7.72. The van der Waals surface area contributed by atoms with Crippen LogP contribution in [0.5, 0.6) is 0 Å². The maximum absolute atomic E-state index is 11.4. The number of benzene rings is 2. The molecule has 0 atom stereocenters. The molecule has 4 rings (SSSR count). The number of thiol groups is 1. The molecule has 0 radical (unpaired) electrons. The molecule has 0 bridgehead atoms. The van der Waals surface area contributed by atoms with Crippen molar-refractivity contribution < 1.29 is 8.42 Å². The van der Waals surface area contributed by atoms with E-state index >= 15 is 0 Å². The Bertz CT molecular complexity index is 1320. The largest absolute Gasteiger partial charge is 0.329 e. The lowest BCUT2D eigenvalue weighted by molar-refractivity contribution is 0.614. The van der Waals surface area contributed by atoms with Gasteiger partial charge in [0.2, 0.25) is 5.95 Å². The molecular weight excluding hydrogens is 400 g/mol. The van der Waals surface area contributed by atoms with E-state index in [1.54, 1.807) is 31.3 Å². The molecule has 2 aromatic carbocycles. The fourth-order valence-corrected chi connectivity index (χ4v) is 3.88. The lowest BCUT2D eigenvalue weighted by Crippen LogP contribution is -2.12. The number of aryl methyl sites for hydroxylation is 3. The summed E-state index contributed by atoms with van der Waals surface area (Å²) in [5.74, 6) is 1.08. The van der Waals surface area contributed by atoms with Gasteiger partial charge in [0.05, 0.1) is 10.4 Å². The van der Waals surface area contributed by atoms with Crippen LogP contribution in [0.3, 0.4) is 0 Å². The summed E-state index contributed by atoms with van der Waals surface area (Å²) in [6, 6.07) is 13.1. The van der Waals surface area contributed by atoms with Gasteiger partial charge in [-0.05, 0) is 55.8 Å². The Hall–Kier alpha value is -3.46. The second-order valence-corrected chi connectivity index (χ2v) is 8.09. The lowest BCUT2D eigenvalue weighted by Gasteiger charge is -2.19. The summed E-state index contributed by atoms with van der Waals surface area (Å²) < 4.78 is 24.7. The second-order valence-electron chi connectivity index (χ2n) is 7.09. The first-order chi connectivity index (χ1) is 14.3. The molecule has 9 heteroatoms. The van der Waals surface area contributed by atoms with E-state index in [4.69, 9.17) is 0 Å². The zero-order valence-electron chi connectivity index (χ0n) is 17.1. The van der Waals surface area contributed by atoms with E-state index in [1.807, 2.05) is 48.8 Å². The minimum absolute atomic E-state index is 0.280. The monoisotopic (exact) mass is 422 g/mol. The van der Waals surface area contributed by atoms with E-state index in [1.165, 1.54) is 0 Å². The van der Waals surface area contributed by atoms with Gasteiger partial charge in [-0.2, -0.15) is 10.1 Å². The molecule has 30 heavy (non-hydrogen) atoms.